The van der Waals surface area contributed by atoms with Crippen molar-refractivity contribution in [2.24, 2.45) is 5.92 Å². The number of aromatic hydroxyl groups is 1. The van der Waals surface area contributed by atoms with Crippen molar-refractivity contribution in [1.82, 2.24) is 5.32 Å². The number of phenols is 1. The molecule has 1 aromatic carbocycles. The molecule has 114 valence electrons. The van der Waals surface area contributed by atoms with Crippen LogP contribution in [0, 0.1) is 16.0 Å². The van der Waals surface area contributed by atoms with Crippen LogP contribution in [-0.2, 0) is 0 Å². The topological polar surface area (TPSA) is 92.5 Å². The van der Waals surface area contributed by atoms with Crippen molar-refractivity contribution in [3.05, 3.63) is 33.9 Å². The summed E-state index contributed by atoms with van der Waals surface area (Å²) >= 11 is 0. The maximum absolute atomic E-state index is 12.0. The number of nitro benzene ring substituents is 1. The number of hydrogen-bond acceptors (Lipinski definition) is 4. The molecule has 0 aromatic heterocycles. The molecular formula is C15H20N2O4. The Balaban J connectivity index is 1.91. The highest BCUT2D eigenvalue weighted by atomic mass is 16.6. The van der Waals surface area contributed by atoms with E-state index < -0.39 is 22.3 Å². The molecule has 1 aliphatic rings. The Morgan fingerprint density at radius 1 is 1.33 bits per heavy atom. The van der Waals surface area contributed by atoms with E-state index in [0.717, 1.165) is 6.42 Å². The SMILES string of the molecule is O=C(NCCC1CCCCC1)c1cccc([N+](=O)[O-])c1O. The Morgan fingerprint density at radius 2 is 2.05 bits per heavy atom. The van der Waals surface area contributed by atoms with E-state index in [1.54, 1.807) is 0 Å². The van der Waals surface area contributed by atoms with Gasteiger partial charge in [-0.05, 0) is 18.4 Å². The van der Waals surface area contributed by atoms with E-state index in [1.165, 1.54) is 50.3 Å². The normalized spacial score (nSPS) is 15.6. The van der Waals surface area contributed by atoms with Crippen molar-refractivity contribution >= 4 is 11.6 Å². The van der Waals surface area contributed by atoms with E-state index in [4.69, 9.17) is 0 Å². The summed E-state index contributed by atoms with van der Waals surface area (Å²) in [5, 5.41) is 23.2. The maximum Gasteiger partial charge on any atom is 0.311 e. The Labute approximate surface area is 123 Å². The summed E-state index contributed by atoms with van der Waals surface area (Å²) in [4.78, 5) is 22.0. The highest BCUT2D eigenvalue weighted by Gasteiger charge is 2.21. The summed E-state index contributed by atoms with van der Waals surface area (Å²) in [6.45, 7) is 0.533. The fourth-order valence-electron chi connectivity index (χ4n) is 2.82. The van der Waals surface area contributed by atoms with Crippen molar-refractivity contribution < 1.29 is 14.8 Å². The smallest absolute Gasteiger partial charge is 0.311 e. The third-order valence-corrected chi connectivity index (χ3v) is 4.02. The van der Waals surface area contributed by atoms with Crippen LogP contribution in [0.2, 0.25) is 0 Å². The zero-order chi connectivity index (χ0) is 15.2. The number of nitro groups is 1. The molecule has 1 amide bonds. The third-order valence-electron chi connectivity index (χ3n) is 4.02. The van der Waals surface area contributed by atoms with Crippen molar-refractivity contribution in [3.8, 4) is 5.75 Å². The van der Waals surface area contributed by atoms with E-state index in [1.807, 2.05) is 0 Å². The molecule has 2 rings (SSSR count). The van der Waals surface area contributed by atoms with Crippen molar-refractivity contribution in [3.63, 3.8) is 0 Å². The zero-order valence-corrected chi connectivity index (χ0v) is 11.9. The molecule has 6 heteroatoms. The van der Waals surface area contributed by atoms with Crippen LogP contribution < -0.4 is 5.32 Å². The van der Waals surface area contributed by atoms with Crippen LogP contribution in [0.1, 0.15) is 48.9 Å². The Hall–Kier alpha value is -2.11. The molecule has 2 N–H and O–H groups in total. The summed E-state index contributed by atoms with van der Waals surface area (Å²) in [5.41, 5.74) is -0.497. The Kier molecular flexibility index (Phi) is 5.14. The van der Waals surface area contributed by atoms with Gasteiger partial charge < -0.3 is 10.4 Å². The second-order valence-corrected chi connectivity index (χ2v) is 5.48. The maximum atomic E-state index is 12.0. The third kappa shape index (κ3) is 3.93. The van der Waals surface area contributed by atoms with Gasteiger partial charge in [-0.3, -0.25) is 14.9 Å². The van der Waals surface area contributed by atoms with E-state index in [-0.39, 0.29) is 5.56 Å². The molecule has 0 radical (unpaired) electrons. The second kappa shape index (κ2) is 7.06. The predicted octanol–water partition coefficient (Wildman–Crippen LogP) is 3.00. The highest BCUT2D eigenvalue weighted by Crippen LogP contribution is 2.29. The van der Waals surface area contributed by atoms with Gasteiger partial charge in [-0.15, -0.1) is 0 Å². The number of hydrogen-bond donors (Lipinski definition) is 2. The Bertz CT molecular complexity index is 524. The molecule has 0 heterocycles. The summed E-state index contributed by atoms with van der Waals surface area (Å²) in [5.74, 6) is -0.387. The minimum absolute atomic E-state index is 0.0483. The molecule has 0 spiro atoms. The van der Waals surface area contributed by atoms with Crippen molar-refractivity contribution in [1.29, 1.82) is 0 Å². The molecule has 0 aliphatic heterocycles. The molecule has 1 aliphatic carbocycles. The van der Waals surface area contributed by atoms with Gasteiger partial charge in [0.05, 0.1) is 10.5 Å². The van der Waals surface area contributed by atoms with E-state index in [0.29, 0.717) is 12.5 Å². The molecular weight excluding hydrogens is 272 g/mol. The molecule has 0 saturated heterocycles. The van der Waals surface area contributed by atoms with Gasteiger partial charge >= 0.3 is 5.69 Å². The van der Waals surface area contributed by atoms with Gasteiger partial charge in [-0.2, -0.15) is 0 Å². The average Bonchev–Trinajstić information content (AvgIpc) is 2.48. The lowest BCUT2D eigenvalue weighted by molar-refractivity contribution is -0.385. The van der Waals surface area contributed by atoms with Crippen molar-refractivity contribution in [2.75, 3.05) is 6.54 Å². The molecule has 1 fully saturated rings. The van der Waals surface area contributed by atoms with Crippen LogP contribution in [0.15, 0.2) is 18.2 Å². The first-order chi connectivity index (χ1) is 10.1. The van der Waals surface area contributed by atoms with Gasteiger partial charge in [0.2, 0.25) is 5.75 Å². The van der Waals surface area contributed by atoms with Crippen LogP contribution in [0.4, 0.5) is 5.69 Å². The molecule has 6 nitrogen and oxygen atoms in total. The van der Waals surface area contributed by atoms with Gasteiger partial charge in [-0.1, -0.05) is 38.2 Å². The number of phenolic OH excluding ortho intramolecular Hbond substituents is 1. The highest BCUT2D eigenvalue weighted by molar-refractivity contribution is 5.98. The zero-order valence-electron chi connectivity index (χ0n) is 11.9. The van der Waals surface area contributed by atoms with Crippen LogP contribution in [0.25, 0.3) is 0 Å². The molecule has 21 heavy (non-hydrogen) atoms. The number of para-hydroxylation sites is 1. The van der Waals surface area contributed by atoms with Gasteiger partial charge in [0.25, 0.3) is 5.91 Å². The monoisotopic (exact) mass is 292 g/mol. The number of rotatable bonds is 5. The summed E-state index contributed by atoms with van der Waals surface area (Å²) < 4.78 is 0. The summed E-state index contributed by atoms with van der Waals surface area (Å²) in [7, 11) is 0. The predicted molar refractivity (Wildman–Crippen MR) is 78.3 cm³/mol. The van der Waals surface area contributed by atoms with Gasteiger partial charge in [-0.25, -0.2) is 0 Å². The van der Waals surface area contributed by atoms with E-state index in [9.17, 15) is 20.0 Å². The van der Waals surface area contributed by atoms with Gasteiger partial charge in [0.1, 0.15) is 0 Å². The lowest BCUT2D eigenvalue weighted by Gasteiger charge is -2.21. The van der Waals surface area contributed by atoms with E-state index in [2.05, 4.69) is 5.32 Å². The standard InChI is InChI=1S/C15H20N2O4/c18-14-12(7-4-8-13(14)17(20)21)15(19)16-10-9-11-5-2-1-3-6-11/h4,7-8,11,18H,1-3,5-6,9-10H2,(H,16,19). The molecule has 0 bridgehead atoms. The fourth-order valence-corrected chi connectivity index (χ4v) is 2.82. The van der Waals surface area contributed by atoms with Crippen molar-refractivity contribution in [2.45, 2.75) is 38.5 Å². The van der Waals surface area contributed by atoms with Gasteiger partial charge in [0.15, 0.2) is 0 Å². The fraction of sp³-hybridized carbons (Fsp3) is 0.533. The largest absolute Gasteiger partial charge is 0.502 e. The quantitative estimate of drug-likeness (QED) is 0.644. The molecule has 0 unspecified atom stereocenters. The lowest BCUT2D eigenvalue weighted by atomic mass is 9.87. The van der Waals surface area contributed by atoms with Gasteiger partial charge in [0, 0.05) is 12.6 Å². The summed E-state index contributed by atoms with van der Waals surface area (Å²) in [6.07, 6.45) is 7.14. The van der Waals surface area contributed by atoms with Crippen LogP contribution >= 0.6 is 0 Å². The number of benzene rings is 1. The minimum atomic E-state index is -0.700. The molecule has 1 saturated carbocycles. The average molecular weight is 292 g/mol. The first-order valence-corrected chi connectivity index (χ1v) is 7.34. The molecule has 0 atom stereocenters. The second-order valence-electron chi connectivity index (χ2n) is 5.48. The number of amides is 1. The number of nitrogens with one attached hydrogen (secondary N) is 1. The lowest BCUT2D eigenvalue weighted by Crippen LogP contribution is -2.26. The Morgan fingerprint density at radius 3 is 2.71 bits per heavy atom. The summed E-state index contributed by atoms with van der Waals surface area (Å²) in [6, 6.07) is 3.96. The number of nitrogens with zero attached hydrogens (tertiary/aromatic N) is 1. The first-order valence-electron chi connectivity index (χ1n) is 7.34. The minimum Gasteiger partial charge on any atom is -0.502 e. The van der Waals surface area contributed by atoms with Crippen LogP contribution in [0.3, 0.4) is 0 Å². The van der Waals surface area contributed by atoms with Crippen LogP contribution in [0.5, 0.6) is 5.75 Å². The number of carbonyl (C=O) groups is 1. The first kappa shape index (κ1) is 15.3. The molecule has 1 aromatic rings. The van der Waals surface area contributed by atoms with E-state index >= 15 is 0 Å². The number of carbonyl (C=O) groups excluding carboxylic acids is 1. The van der Waals surface area contributed by atoms with Crippen LogP contribution in [-0.4, -0.2) is 22.5 Å².